The first kappa shape index (κ1) is 13.9. The fraction of sp³-hybridized carbons (Fsp3) is 0.125. The van der Waals surface area contributed by atoms with E-state index >= 15 is 0 Å². The van der Waals surface area contributed by atoms with Crippen molar-refractivity contribution in [2.75, 3.05) is 0 Å². The van der Waals surface area contributed by atoms with Gasteiger partial charge in [0, 0.05) is 23.1 Å². The number of esters is 1. The largest absolute Gasteiger partial charge is 0.508 e. The van der Waals surface area contributed by atoms with E-state index in [2.05, 4.69) is 0 Å². The quantitative estimate of drug-likeness (QED) is 0.591. The highest BCUT2D eigenvalue weighted by molar-refractivity contribution is 5.87. The number of aromatic hydroxyl groups is 1. The van der Waals surface area contributed by atoms with Crippen LogP contribution in [0.25, 0.3) is 11.0 Å². The van der Waals surface area contributed by atoms with E-state index in [-0.39, 0.29) is 23.7 Å². The van der Waals surface area contributed by atoms with E-state index in [1.807, 2.05) is 0 Å². The second kappa shape index (κ2) is 5.40. The summed E-state index contributed by atoms with van der Waals surface area (Å²) in [5.41, 5.74) is 0.133. The molecule has 22 heavy (non-hydrogen) atoms. The Morgan fingerprint density at radius 2 is 2.00 bits per heavy atom. The highest BCUT2D eigenvalue weighted by atomic mass is 16.5. The monoisotopic (exact) mass is 300 g/mol. The van der Waals surface area contributed by atoms with Crippen LogP contribution in [0.3, 0.4) is 0 Å². The van der Waals surface area contributed by atoms with Gasteiger partial charge in [-0.1, -0.05) is 0 Å². The van der Waals surface area contributed by atoms with Gasteiger partial charge < -0.3 is 18.7 Å². The van der Waals surface area contributed by atoms with Gasteiger partial charge in [-0.15, -0.1) is 0 Å². The number of carbonyl (C=O) groups excluding carboxylic acids is 1. The van der Waals surface area contributed by atoms with E-state index < -0.39 is 11.6 Å². The molecular weight excluding hydrogens is 288 g/mol. The van der Waals surface area contributed by atoms with Gasteiger partial charge >= 0.3 is 11.6 Å². The Balaban J connectivity index is 1.87. The van der Waals surface area contributed by atoms with Crippen molar-refractivity contribution < 1.29 is 23.5 Å². The molecule has 0 aliphatic rings. The molecule has 112 valence electrons. The number of phenolic OH excluding ortho intramolecular Hbond substituents is 1. The molecule has 0 unspecified atom stereocenters. The maximum Gasteiger partial charge on any atom is 0.374 e. The molecule has 3 rings (SSSR count). The molecule has 3 aromatic rings. The summed E-state index contributed by atoms with van der Waals surface area (Å²) in [6, 6.07) is 8.81. The molecule has 0 aliphatic heterocycles. The Labute approximate surface area is 124 Å². The Kier molecular flexibility index (Phi) is 3.42. The van der Waals surface area contributed by atoms with Gasteiger partial charge in [0.05, 0.1) is 0 Å². The number of carbonyl (C=O) groups is 1. The molecule has 2 heterocycles. The lowest BCUT2D eigenvalue weighted by molar-refractivity contribution is 0.0436. The molecule has 0 spiro atoms. The molecule has 0 radical (unpaired) electrons. The van der Waals surface area contributed by atoms with Crippen molar-refractivity contribution in [1.82, 2.24) is 0 Å². The van der Waals surface area contributed by atoms with Crippen LogP contribution >= 0.6 is 0 Å². The lowest BCUT2D eigenvalue weighted by Crippen LogP contribution is -2.07. The zero-order valence-corrected chi connectivity index (χ0v) is 11.7. The number of phenols is 1. The molecule has 2 aromatic heterocycles. The van der Waals surface area contributed by atoms with Crippen LogP contribution in [0.5, 0.6) is 5.75 Å². The van der Waals surface area contributed by atoms with E-state index in [0.717, 1.165) is 0 Å². The Bertz CT molecular complexity index is 902. The number of ether oxygens (including phenoxy) is 1. The van der Waals surface area contributed by atoms with Crippen molar-refractivity contribution in [2.24, 2.45) is 0 Å². The highest BCUT2D eigenvalue weighted by Gasteiger charge is 2.13. The molecule has 0 saturated heterocycles. The molecule has 0 fully saturated rings. The Hall–Kier alpha value is -3.02. The van der Waals surface area contributed by atoms with Crippen molar-refractivity contribution in [3.8, 4) is 5.75 Å². The molecule has 0 atom stereocenters. The van der Waals surface area contributed by atoms with Gasteiger partial charge in [0.2, 0.25) is 5.76 Å². The van der Waals surface area contributed by atoms with Crippen LogP contribution in [0, 0.1) is 6.92 Å². The summed E-state index contributed by atoms with van der Waals surface area (Å²) in [4.78, 5) is 23.4. The fourth-order valence-corrected chi connectivity index (χ4v) is 2.10. The van der Waals surface area contributed by atoms with Crippen LogP contribution < -0.4 is 5.63 Å². The van der Waals surface area contributed by atoms with Gasteiger partial charge in [-0.2, -0.15) is 0 Å². The third kappa shape index (κ3) is 2.71. The van der Waals surface area contributed by atoms with Gasteiger partial charge in [-0.25, -0.2) is 9.59 Å². The molecule has 1 N–H and O–H groups in total. The number of fused-ring (bicyclic) bond motifs is 1. The molecule has 0 bridgehead atoms. The third-order valence-electron chi connectivity index (χ3n) is 3.11. The van der Waals surface area contributed by atoms with Crippen molar-refractivity contribution in [1.29, 1.82) is 0 Å². The minimum Gasteiger partial charge on any atom is -0.508 e. The number of hydrogen-bond donors (Lipinski definition) is 1. The number of rotatable bonds is 3. The van der Waals surface area contributed by atoms with Crippen LogP contribution in [0.1, 0.15) is 21.9 Å². The number of benzene rings is 1. The van der Waals surface area contributed by atoms with Crippen LogP contribution in [0.2, 0.25) is 0 Å². The second-order valence-electron chi connectivity index (χ2n) is 4.76. The van der Waals surface area contributed by atoms with Crippen LogP contribution in [-0.4, -0.2) is 11.1 Å². The second-order valence-corrected chi connectivity index (χ2v) is 4.76. The molecular formula is C16H12O6. The predicted octanol–water partition coefficient (Wildman–Crippen LogP) is 2.76. The van der Waals surface area contributed by atoms with Crippen LogP contribution in [0.4, 0.5) is 0 Å². The van der Waals surface area contributed by atoms with E-state index in [4.69, 9.17) is 13.6 Å². The van der Waals surface area contributed by atoms with Gasteiger partial charge in [0.25, 0.3) is 0 Å². The lowest BCUT2D eigenvalue weighted by Gasteiger charge is -2.06. The number of aryl methyl sites for hydroxylation is 1. The number of furan rings is 1. The smallest absolute Gasteiger partial charge is 0.374 e. The van der Waals surface area contributed by atoms with E-state index in [1.54, 1.807) is 19.1 Å². The van der Waals surface area contributed by atoms with Crippen molar-refractivity contribution in [3.63, 3.8) is 0 Å². The van der Waals surface area contributed by atoms with E-state index in [0.29, 0.717) is 16.7 Å². The summed E-state index contributed by atoms with van der Waals surface area (Å²) < 4.78 is 15.3. The summed E-state index contributed by atoms with van der Waals surface area (Å²) >= 11 is 0. The Morgan fingerprint density at radius 3 is 2.73 bits per heavy atom. The Morgan fingerprint density at radius 1 is 1.18 bits per heavy atom. The summed E-state index contributed by atoms with van der Waals surface area (Å²) in [5.74, 6) is 0.0692. The first-order valence-electron chi connectivity index (χ1n) is 6.52. The minimum absolute atomic E-state index is 0.0177. The highest BCUT2D eigenvalue weighted by Crippen LogP contribution is 2.22. The van der Waals surface area contributed by atoms with Gasteiger partial charge in [0.1, 0.15) is 23.7 Å². The van der Waals surface area contributed by atoms with Crippen molar-refractivity contribution >= 4 is 16.9 Å². The zero-order valence-electron chi connectivity index (χ0n) is 11.7. The first-order valence-corrected chi connectivity index (χ1v) is 6.52. The molecule has 0 aliphatic carbocycles. The van der Waals surface area contributed by atoms with E-state index in [1.165, 1.54) is 24.3 Å². The molecule has 6 nitrogen and oxygen atoms in total. The van der Waals surface area contributed by atoms with Crippen molar-refractivity contribution in [2.45, 2.75) is 13.5 Å². The predicted molar refractivity (Wildman–Crippen MR) is 76.7 cm³/mol. The fourth-order valence-electron chi connectivity index (χ4n) is 2.10. The van der Waals surface area contributed by atoms with E-state index in [9.17, 15) is 14.7 Å². The average molecular weight is 300 g/mol. The lowest BCUT2D eigenvalue weighted by atomic mass is 10.1. The van der Waals surface area contributed by atoms with Crippen LogP contribution in [-0.2, 0) is 11.3 Å². The average Bonchev–Trinajstić information content (AvgIpc) is 2.90. The SMILES string of the molecule is Cc1ccc(C(=O)OCc2cc(=O)oc3cc(O)ccc23)o1. The van der Waals surface area contributed by atoms with Gasteiger partial charge in [-0.3, -0.25) is 0 Å². The molecule has 6 heteroatoms. The normalized spacial score (nSPS) is 10.8. The summed E-state index contributed by atoms with van der Waals surface area (Å²) in [7, 11) is 0. The van der Waals surface area contributed by atoms with Crippen LogP contribution in [0.15, 0.2) is 50.0 Å². The zero-order chi connectivity index (χ0) is 15.7. The summed E-state index contributed by atoms with van der Waals surface area (Å²) in [6.45, 7) is 1.62. The maximum atomic E-state index is 11.8. The summed E-state index contributed by atoms with van der Waals surface area (Å²) in [5, 5.41) is 10.0. The van der Waals surface area contributed by atoms with Gasteiger partial charge in [0.15, 0.2) is 0 Å². The van der Waals surface area contributed by atoms with Crippen molar-refractivity contribution in [3.05, 3.63) is 63.9 Å². The topological polar surface area (TPSA) is 89.9 Å². The standard InChI is InChI=1S/C16H12O6/c1-9-2-5-13(21-9)16(19)20-8-10-6-15(18)22-14-7-11(17)3-4-12(10)14/h2-7,17H,8H2,1H3. The third-order valence-corrected chi connectivity index (χ3v) is 3.11. The summed E-state index contributed by atoms with van der Waals surface area (Å²) in [6.07, 6.45) is 0. The maximum absolute atomic E-state index is 11.8. The number of hydrogen-bond acceptors (Lipinski definition) is 6. The minimum atomic E-state index is -0.617. The molecule has 0 saturated carbocycles. The first-order chi connectivity index (χ1) is 10.5. The molecule has 0 amide bonds. The molecule has 1 aromatic carbocycles. The van der Waals surface area contributed by atoms with Gasteiger partial charge in [-0.05, 0) is 31.2 Å².